The molecule has 2 aliphatic rings. The lowest BCUT2D eigenvalue weighted by Gasteiger charge is -2.54. The molecular formula is C34H34F6N4O4. The van der Waals surface area contributed by atoms with E-state index in [0.29, 0.717) is 18.6 Å². The maximum atomic E-state index is 14.0. The molecule has 2 heterocycles. The Hall–Kier alpha value is -4.59. The summed E-state index contributed by atoms with van der Waals surface area (Å²) in [5.74, 6) is -0.692. The molecule has 2 aliphatic heterocycles. The van der Waals surface area contributed by atoms with Gasteiger partial charge in [0.2, 0.25) is 11.8 Å². The van der Waals surface area contributed by atoms with Gasteiger partial charge >= 0.3 is 18.4 Å². The zero-order valence-electron chi connectivity index (χ0n) is 25.7. The lowest BCUT2D eigenvalue weighted by Crippen LogP contribution is -2.73. The Labute approximate surface area is 273 Å². The van der Waals surface area contributed by atoms with Crippen molar-refractivity contribution in [3.05, 3.63) is 107 Å². The third-order valence-corrected chi connectivity index (χ3v) is 8.48. The number of benzene rings is 3. The zero-order chi connectivity index (χ0) is 34.6. The Balaban J connectivity index is 1.50. The second-order valence-corrected chi connectivity index (χ2v) is 11.9. The van der Waals surface area contributed by atoms with Gasteiger partial charge in [0.1, 0.15) is 18.8 Å². The van der Waals surface area contributed by atoms with Crippen LogP contribution in [-0.4, -0.2) is 63.9 Å². The Morgan fingerprint density at radius 1 is 0.833 bits per heavy atom. The van der Waals surface area contributed by atoms with Crippen molar-refractivity contribution in [1.82, 2.24) is 14.7 Å². The smallest absolute Gasteiger partial charge is 0.416 e. The SMILES string of the molecule is NCCC[C@H]1C(=O)N(Cc2ccccc2)CC2N(C(=O)OCc3cc(C(F)(F)F)cc(C(F)(F)F)c3)C(Cc3ccccc3)CC(=O)N21. The van der Waals surface area contributed by atoms with E-state index >= 15 is 0 Å². The van der Waals surface area contributed by atoms with Gasteiger partial charge in [0.25, 0.3) is 0 Å². The van der Waals surface area contributed by atoms with Crippen molar-refractivity contribution in [2.45, 2.75) is 69.4 Å². The minimum atomic E-state index is -5.08. The molecule has 0 saturated carbocycles. The second-order valence-electron chi connectivity index (χ2n) is 11.9. The Morgan fingerprint density at radius 2 is 1.42 bits per heavy atom. The molecule has 2 unspecified atom stereocenters. The topological polar surface area (TPSA) is 96.2 Å². The molecule has 2 N–H and O–H groups in total. The molecule has 2 fully saturated rings. The highest BCUT2D eigenvalue weighted by atomic mass is 19.4. The van der Waals surface area contributed by atoms with Crippen LogP contribution in [0.25, 0.3) is 0 Å². The van der Waals surface area contributed by atoms with Gasteiger partial charge in [-0.3, -0.25) is 14.5 Å². The van der Waals surface area contributed by atoms with Crippen molar-refractivity contribution in [2.75, 3.05) is 13.1 Å². The van der Waals surface area contributed by atoms with Crippen LogP contribution in [0.2, 0.25) is 0 Å². The molecule has 3 amide bonds. The maximum Gasteiger partial charge on any atom is 0.416 e. The standard InChI is InChI=1S/C34H34F6N4O4/c35-33(36,37)25-14-24(15-26(17-25)34(38,39)40)21-48-32(47)43-27(16-22-8-3-1-4-9-22)18-30(45)44-28(12-7-13-41)31(46)42(20-29(43)44)19-23-10-5-2-6-11-23/h1-6,8-11,14-15,17,27-29H,7,12-13,16,18-21,41H2/t27?,28-,29?/m0/s1. The van der Waals surface area contributed by atoms with E-state index in [9.17, 15) is 40.7 Å². The Morgan fingerprint density at radius 3 is 1.98 bits per heavy atom. The van der Waals surface area contributed by atoms with Crippen LogP contribution in [0.4, 0.5) is 31.1 Å². The molecule has 0 aliphatic carbocycles. The van der Waals surface area contributed by atoms with E-state index in [-0.39, 0.29) is 56.8 Å². The largest absolute Gasteiger partial charge is 0.444 e. The summed E-state index contributed by atoms with van der Waals surface area (Å²) >= 11 is 0. The van der Waals surface area contributed by atoms with Crippen LogP contribution in [0, 0.1) is 0 Å². The molecule has 8 nitrogen and oxygen atoms in total. The van der Waals surface area contributed by atoms with Crippen molar-refractivity contribution in [3.63, 3.8) is 0 Å². The number of nitrogens with two attached hydrogens (primary N) is 1. The van der Waals surface area contributed by atoms with E-state index in [2.05, 4.69) is 0 Å². The molecule has 48 heavy (non-hydrogen) atoms. The highest BCUT2D eigenvalue weighted by Gasteiger charge is 2.52. The summed E-state index contributed by atoms with van der Waals surface area (Å²) in [4.78, 5) is 45.7. The van der Waals surface area contributed by atoms with Crippen LogP contribution in [-0.2, 0) is 46.3 Å². The molecule has 3 aromatic rings. The fourth-order valence-electron chi connectivity index (χ4n) is 6.29. The van der Waals surface area contributed by atoms with E-state index in [1.807, 2.05) is 30.3 Å². The van der Waals surface area contributed by atoms with Crippen LogP contribution < -0.4 is 5.73 Å². The van der Waals surface area contributed by atoms with E-state index in [4.69, 9.17) is 10.5 Å². The van der Waals surface area contributed by atoms with Gasteiger partial charge in [-0.25, -0.2) is 4.79 Å². The number of halogens is 6. The summed E-state index contributed by atoms with van der Waals surface area (Å²) in [7, 11) is 0. The third kappa shape index (κ3) is 7.92. The van der Waals surface area contributed by atoms with Gasteiger partial charge in [-0.1, -0.05) is 60.7 Å². The van der Waals surface area contributed by atoms with Crippen molar-refractivity contribution >= 4 is 17.9 Å². The fraction of sp³-hybridized carbons (Fsp3) is 0.382. The number of carbonyl (C=O) groups excluding carboxylic acids is 3. The molecule has 0 bridgehead atoms. The normalized spacial score (nSPS) is 20.1. The first-order chi connectivity index (χ1) is 22.8. The van der Waals surface area contributed by atoms with Crippen molar-refractivity contribution < 1.29 is 45.5 Å². The molecule has 256 valence electrons. The fourth-order valence-corrected chi connectivity index (χ4v) is 6.29. The highest BCUT2D eigenvalue weighted by Crippen LogP contribution is 2.37. The Kier molecular flexibility index (Phi) is 10.3. The van der Waals surface area contributed by atoms with Gasteiger partial charge in [0.15, 0.2) is 0 Å². The van der Waals surface area contributed by atoms with Gasteiger partial charge in [-0.2, -0.15) is 26.3 Å². The maximum absolute atomic E-state index is 14.0. The lowest BCUT2D eigenvalue weighted by molar-refractivity contribution is -0.172. The quantitative estimate of drug-likeness (QED) is 0.282. The summed E-state index contributed by atoms with van der Waals surface area (Å²) in [5.41, 5.74) is 3.75. The molecule has 5 rings (SSSR count). The van der Waals surface area contributed by atoms with E-state index in [0.717, 1.165) is 11.1 Å². The van der Waals surface area contributed by atoms with Crippen LogP contribution in [0.5, 0.6) is 0 Å². The lowest BCUT2D eigenvalue weighted by atomic mass is 9.93. The van der Waals surface area contributed by atoms with Crippen molar-refractivity contribution in [1.29, 1.82) is 0 Å². The van der Waals surface area contributed by atoms with Crippen molar-refractivity contribution in [3.8, 4) is 0 Å². The zero-order valence-corrected chi connectivity index (χ0v) is 25.7. The predicted molar refractivity (Wildman–Crippen MR) is 162 cm³/mol. The van der Waals surface area contributed by atoms with Gasteiger partial charge in [-0.15, -0.1) is 0 Å². The van der Waals surface area contributed by atoms with Crippen LogP contribution in [0.3, 0.4) is 0 Å². The number of alkyl halides is 6. The molecule has 0 radical (unpaired) electrons. The molecule has 14 heteroatoms. The number of ether oxygens (including phenoxy) is 1. The first-order valence-corrected chi connectivity index (χ1v) is 15.4. The number of hydrogen-bond acceptors (Lipinski definition) is 5. The summed E-state index contributed by atoms with van der Waals surface area (Å²) in [6.07, 6.45) is -11.6. The molecule has 3 aromatic carbocycles. The number of amides is 3. The number of hydrogen-bond donors (Lipinski definition) is 1. The van der Waals surface area contributed by atoms with Crippen molar-refractivity contribution in [2.24, 2.45) is 5.73 Å². The number of piperazine rings is 1. The summed E-state index contributed by atoms with van der Waals surface area (Å²) in [6.45, 7) is -0.576. The average molecular weight is 677 g/mol. The number of rotatable bonds is 9. The molecule has 0 aromatic heterocycles. The van der Waals surface area contributed by atoms with Gasteiger partial charge in [0, 0.05) is 19.0 Å². The molecule has 0 spiro atoms. The van der Waals surface area contributed by atoms with Crippen LogP contribution in [0.15, 0.2) is 78.9 Å². The average Bonchev–Trinajstić information content (AvgIpc) is 3.04. The Bertz CT molecular complexity index is 1570. The first-order valence-electron chi connectivity index (χ1n) is 15.4. The van der Waals surface area contributed by atoms with E-state index < -0.39 is 60.0 Å². The predicted octanol–water partition coefficient (Wildman–Crippen LogP) is 5.98. The van der Waals surface area contributed by atoms with Gasteiger partial charge < -0.3 is 20.3 Å². The molecular weight excluding hydrogens is 642 g/mol. The van der Waals surface area contributed by atoms with Crippen LogP contribution in [0.1, 0.15) is 47.1 Å². The van der Waals surface area contributed by atoms with E-state index in [1.165, 1.54) is 9.80 Å². The monoisotopic (exact) mass is 676 g/mol. The number of nitrogens with zero attached hydrogens (tertiary/aromatic N) is 3. The summed E-state index contributed by atoms with van der Waals surface area (Å²) in [6, 6.07) is 17.3. The molecule has 2 saturated heterocycles. The summed E-state index contributed by atoms with van der Waals surface area (Å²) < 4.78 is 86.4. The van der Waals surface area contributed by atoms with Gasteiger partial charge in [0.05, 0.1) is 17.7 Å². The third-order valence-electron chi connectivity index (χ3n) is 8.48. The minimum Gasteiger partial charge on any atom is -0.444 e. The van der Waals surface area contributed by atoms with Gasteiger partial charge in [-0.05, 0) is 60.7 Å². The summed E-state index contributed by atoms with van der Waals surface area (Å²) in [5, 5.41) is 0. The molecule has 3 atom stereocenters. The van der Waals surface area contributed by atoms with Crippen LogP contribution >= 0.6 is 0 Å². The highest BCUT2D eigenvalue weighted by molar-refractivity contribution is 5.91. The minimum absolute atomic E-state index is 0.00280. The number of fused-ring (bicyclic) bond motifs is 1. The van der Waals surface area contributed by atoms with E-state index in [1.54, 1.807) is 35.2 Å². The first kappa shape index (κ1) is 34.7. The number of carbonyl (C=O) groups is 3. The second kappa shape index (κ2) is 14.3.